The van der Waals surface area contributed by atoms with Gasteiger partial charge in [-0.05, 0) is 87.6 Å². The molecular formula is C46H55FN6O2. The first-order valence-corrected chi connectivity index (χ1v) is 19.6. The summed E-state index contributed by atoms with van der Waals surface area (Å²) in [4.78, 5) is 40.1. The maximum atomic E-state index is 13.6. The monoisotopic (exact) mass is 742 g/mol. The molecule has 0 saturated carbocycles. The Morgan fingerprint density at radius 1 is 0.800 bits per heavy atom. The van der Waals surface area contributed by atoms with E-state index in [2.05, 4.69) is 94.3 Å². The van der Waals surface area contributed by atoms with Crippen LogP contribution in [0.5, 0.6) is 0 Å². The van der Waals surface area contributed by atoms with Gasteiger partial charge >= 0.3 is 0 Å². The zero-order valence-electron chi connectivity index (χ0n) is 32.3. The Hall–Kier alpha value is -5.57. The third kappa shape index (κ3) is 12.2. The summed E-state index contributed by atoms with van der Waals surface area (Å²) in [6.45, 7) is 4.22. The average molecular weight is 743 g/mol. The maximum Gasteiger partial charge on any atom is 0.261 e. The van der Waals surface area contributed by atoms with Crippen LogP contribution in [0.25, 0.3) is 11.0 Å². The molecule has 0 amide bonds. The highest BCUT2D eigenvalue weighted by molar-refractivity contribution is 5.82. The van der Waals surface area contributed by atoms with Crippen LogP contribution in [0.2, 0.25) is 0 Å². The van der Waals surface area contributed by atoms with Crippen LogP contribution < -0.4 is 15.4 Å². The number of imidazole rings is 1. The smallest absolute Gasteiger partial charge is 0.261 e. The van der Waals surface area contributed by atoms with Crippen molar-refractivity contribution in [3.8, 4) is 0 Å². The number of para-hydroxylation sites is 2. The number of carbonyl (C=O) groups excluding carboxylic acids is 1. The van der Waals surface area contributed by atoms with E-state index in [1.165, 1.54) is 29.0 Å². The summed E-state index contributed by atoms with van der Waals surface area (Å²) in [5, 5.41) is 0. The molecule has 0 aliphatic carbocycles. The van der Waals surface area contributed by atoms with Crippen LogP contribution in [0.1, 0.15) is 81.5 Å². The maximum absolute atomic E-state index is 13.6. The van der Waals surface area contributed by atoms with Crippen molar-refractivity contribution in [2.24, 2.45) is 0 Å². The van der Waals surface area contributed by atoms with Crippen molar-refractivity contribution in [1.29, 1.82) is 0 Å². The van der Waals surface area contributed by atoms with Gasteiger partial charge in [0, 0.05) is 44.9 Å². The van der Waals surface area contributed by atoms with Gasteiger partial charge in [-0.1, -0.05) is 104 Å². The molecule has 288 valence electrons. The van der Waals surface area contributed by atoms with Crippen LogP contribution in [0.15, 0.2) is 139 Å². The molecule has 1 fully saturated rings. The highest BCUT2D eigenvalue weighted by Crippen LogP contribution is 2.28. The molecule has 9 heteroatoms. The second-order valence-corrected chi connectivity index (χ2v) is 13.7. The molecule has 5 rings (SSSR count). The van der Waals surface area contributed by atoms with Gasteiger partial charge in [0.05, 0.1) is 17.6 Å². The van der Waals surface area contributed by atoms with Crippen molar-refractivity contribution in [1.82, 2.24) is 19.1 Å². The van der Waals surface area contributed by atoms with Gasteiger partial charge in [0.15, 0.2) is 0 Å². The quantitative estimate of drug-likeness (QED) is 0.0891. The molecule has 55 heavy (non-hydrogen) atoms. The van der Waals surface area contributed by atoms with E-state index in [-0.39, 0.29) is 29.7 Å². The molecule has 3 heterocycles. The lowest BCUT2D eigenvalue weighted by atomic mass is 10.0. The van der Waals surface area contributed by atoms with Gasteiger partial charge in [-0.25, -0.2) is 18.9 Å². The Morgan fingerprint density at radius 2 is 1.38 bits per heavy atom. The number of halogens is 1. The number of piperidine rings is 1. The highest BCUT2D eigenvalue weighted by Gasteiger charge is 2.28. The molecule has 1 saturated heterocycles. The van der Waals surface area contributed by atoms with Crippen molar-refractivity contribution >= 4 is 28.8 Å². The zero-order chi connectivity index (χ0) is 38.7. The Bertz CT molecular complexity index is 2040. The number of hydrogen-bond acceptors (Lipinski definition) is 6. The van der Waals surface area contributed by atoms with E-state index in [1.54, 1.807) is 0 Å². The van der Waals surface area contributed by atoms with Crippen molar-refractivity contribution in [3.05, 3.63) is 155 Å². The molecule has 0 atom stereocenters. The van der Waals surface area contributed by atoms with Crippen LogP contribution in [0.4, 0.5) is 16.3 Å². The first-order valence-electron chi connectivity index (χ1n) is 19.6. The van der Waals surface area contributed by atoms with Crippen LogP contribution in [0, 0.1) is 5.82 Å². The van der Waals surface area contributed by atoms with Crippen LogP contribution in [-0.4, -0.2) is 51.2 Å². The first kappa shape index (κ1) is 40.6. The number of hydrogen-bond donors (Lipinski definition) is 0. The van der Waals surface area contributed by atoms with Gasteiger partial charge in [-0.15, -0.1) is 0 Å². The van der Waals surface area contributed by atoms with Gasteiger partial charge in [-0.2, -0.15) is 0 Å². The molecule has 0 spiro atoms. The normalized spacial score (nSPS) is 14.4. The number of rotatable bonds is 19. The lowest BCUT2D eigenvalue weighted by Crippen LogP contribution is -2.46. The molecule has 1 aliphatic heterocycles. The number of allylic oxidation sites excluding steroid dienone is 12. The molecule has 0 N–H and O–H groups in total. The Morgan fingerprint density at radius 3 is 2.00 bits per heavy atom. The van der Waals surface area contributed by atoms with Crippen molar-refractivity contribution in [2.45, 2.75) is 83.7 Å². The van der Waals surface area contributed by atoms with E-state index < -0.39 is 0 Å². The summed E-state index contributed by atoms with van der Waals surface area (Å²) in [5.41, 5.74) is 2.58. The number of anilines is 2. The molecule has 8 nitrogen and oxygen atoms in total. The van der Waals surface area contributed by atoms with Crippen LogP contribution in [-0.2, 0) is 6.54 Å². The van der Waals surface area contributed by atoms with Crippen molar-refractivity contribution in [3.63, 3.8) is 0 Å². The number of benzene rings is 2. The largest absolute Gasteiger partial charge is 0.342 e. The predicted molar refractivity (Wildman–Crippen MR) is 225 cm³/mol. The van der Waals surface area contributed by atoms with E-state index in [0.717, 1.165) is 87.0 Å². The molecule has 1 aliphatic rings. The van der Waals surface area contributed by atoms with Crippen LogP contribution >= 0.6 is 0 Å². The predicted octanol–water partition coefficient (Wildman–Crippen LogP) is 10.0. The third-order valence-electron chi connectivity index (χ3n) is 9.70. The second kappa shape index (κ2) is 22.0. The van der Waals surface area contributed by atoms with Gasteiger partial charge in [0.25, 0.3) is 5.56 Å². The Labute approximate surface area is 325 Å². The van der Waals surface area contributed by atoms with E-state index in [0.29, 0.717) is 18.9 Å². The minimum absolute atomic E-state index is 0.0860. The van der Waals surface area contributed by atoms with Gasteiger partial charge in [-0.3, -0.25) is 9.59 Å². The SMILES string of the molecule is CC/C=C\C/C=C\C/C=C\C/C=C\C/C=C\C/C=C/CCC(=O)n1c(N(C)C2CCN(c3nc4ccccc4n3Cc3ccc(F)cc3)CC2)nccc1=O. The summed E-state index contributed by atoms with van der Waals surface area (Å²) in [7, 11) is 1.92. The third-order valence-corrected chi connectivity index (χ3v) is 9.70. The first-order chi connectivity index (χ1) is 27.0. The van der Waals surface area contributed by atoms with Crippen molar-refractivity contribution < 1.29 is 9.18 Å². The lowest BCUT2D eigenvalue weighted by molar-refractivity contribution is 0.0899. The Kier molecular flexibility index (Phi) is 16.2. The van der Waals surface area contributed by atoms with Crippen LogP contribution in [0.3, 0.4) is 0 Å². The fourth-order valence-corrected chi connectivity index (χ4v) is 6.69. The molecular weight excluding hydrogens is 688 g/mol. The number of fused-ring (bicyclic) bond motifs is 1. The molecule has 2 aromatic carbocycles. The fraction of sp³-hybridized carbons (Fsp3) is 0.348. The van der Waals surface area contributed by atoms with Gasteiger partial charge < -0.3 is 14.4 Å². The average Bonchev–Trinajstić information content (AvgIpc) is 3.57. The topological polar surface area (TPSA) is 76.3 Å². The molecule has 0 bridgehead atoms. The highest BCUT2D eigenvalue weighted by atomic mass is 19.1. The van der Waals surface area contributed by atoms with E-state index in [1.807, 2.05) is 48.4 Å². The van der Waals surface area contributed by atoms with Gasteiger partial charge in [0.2, 0.25) is 17.8 Å². The van der Waals surface area contributed by atoms with Crippen molar-refractivity contribution in [2.75, 3.05) is 29.9 Å². The lowest BCUT2D eigenvalue weighted by Gasteiger charge is -2.38. The second-order valence-electron chi connectivity index (χ2n) is 13.7. The van der Waals surface area contributed by atoms with E-state index >= 15 is 0 Å². The standard InChI is InChI=1S/C46H55FN6O2/c1-3-4-5-6-7-8-9-10-11-12-13-14-15-16-17-18-19-20-21-26-43(54)53-44(55)31-34-48-45(53)50(2)40-32-35-51(36-33-40)46-49-41-24-22-23-25-42(41)52(46)37-38-27-29-39(47)30-28-38/h4-5,7-8,10-11,13-14,16-17,19-20,22-25,27-31,34,40H,3,6,9,12,15,18,21,26,32-33,35-37H2,1-2H3/b5-4-,8-7-,11-10-,14-13-,17-16-,20-19+. The van der Waals surface area contributed by atoms with E-state index in [4.69, 9.17) is 4.98 Å². The summed E-state index contributed by atoms with van der Waals surface area (Å²) < 4.78 is 17.0. The summed E-state index contributed by atoms with van der Waals surface area (Å²) in [6, 6.07) is 16.1. The summed E-state index contributed by atoms with van der Waals surface area (Å²) >= 11 is 0. The minimum atomic E-state index is -0.364. The number of aromatic nitrogens is 4. The molecule has 0 unspecified atom stereocenters. The minimum Gasteiger partial charge on any atom is -0.342 e. The molecule has 4 aromatic rings. The summed E-state index contributed by atoms with van der Waals surface area (Å²) in [6.07, 6.45) is 35.4. The van der Waals surface area contributed by atoms with E-state index in [9.17, 15) is 14.0 Å². The molecule has 2 aromatic heterocycles. The number of nitrogens with zero attached hydrogens (tertiary/aromatic N) is 6. The Balaban J connectivity index is 1.08. The zero-order valence-corrected chi connectivity index (χ0v) is 32.3. The van der Waals surface area contributed by atoms with Gasteiger partial charge in [0.1, 0.15) is 5.82 Å². The number of carbonyl (C=O) groups is 1. The molecule has 0 radical (unpaired) electrons. The summed E-state index contributed by atoms with van der Waals surface area (Å²) in [5.74, 6) is 0.746. The fourth-order valence-electron chi connectivity index (χ4n) is 6.69.